The number of aliphatic hydroxyl groups is 1. The molecule has 0 aliphatic carbocycles. The molecule has 2 aliphatic heterocycles. The Labute approximate surface area is 213 Å². The molecular weight excluding hydrogens is 456 g/mol. The largest absolute Gasteiger partial charge is 0.507 e. The van der Waals surface area contributed by atoms with Gasteiger partial charge in [0.05, 0.1) is 31.4 Å². The van der Waals surface area contributed by atoms with E-state index in [2.05, 4.69) is 18.7 Å². The van der Waals surface area contributed by atoms with Crippen molar-refractivity contribution < 1.29 is 24.2 Å². The second kappa shape index (κ2) is 11.7. The molecule has 2 saturated heterocycles. The Kier molecular flexibility index (Phi) is 8.44. The van der Waals surface area contributed by atoms with Crippen molar-refractivity contribution in [2.75, 3.05) is 46.0 Å². The van der Waals surface area contributed by atoms with Crippen molar-refractivity contribution in [3.8, 4) is 5.75 Å². The van der Waals surface area contributed by atoms with Crippen molar-refractivity contribution in [3.63, 3.8) is 0 Å². The summed E-state index contributed by atoms with van der Waals surface area (Å²) in [6, 6.07) is 14.2. The van der Waals surface area contributed by atoms with Gasteiger partial charge in [0.15, 0.2) is 0 Å². The van der Waals surface area contributed by atoms with E-state index in [0.29, 0.717) is 24.6 Å². The fraction of sp³-hybridized carbons (Fsp3) is 0.448. The Balaban J connectivity index is 1.63. The topological polar surface area (TPSA) is 79.3 Å². The van der Waals surface area contributed by atoms with E-state index in [4.69, 9.17) is 9.47 Å². The van der Waals surface area contributed by atoms with E-state index < -0.39 is 17.7 Å². The number of ether oxygens (including phenoxy) is 2. The van der Waals surface area contributed by atoms with Crippen LogP contribution in [0.3, 0.4) is 0 Å². The number of amides is 1. The lowest BCUT2D eigenvalue weighted by molar-refractivity contribution is -0.140. The second-order valence-electron chi connectivity index (χ2n) is 9.90. The molecule has 0 aromatic heterocycles. The lowest BCUT2D eigenvalue weighted by atomic mass is 9.94. The SMILES string of the molecule is Cc1cc(C(O)=C2C(=O)C(=O)N(CCCN3CCOCC3)[C@H]2c2ccccc2)ccc1OCC(C)C. The Bertz CT molecular complexity index is 1110. The van der Waals surface area contributed by atoms with Crippen molar-refractivity contribution in [2.45, 2.75) is 33.2 Å². The number of ketones is 1. The Hall–Kier alpha value is -3.16. The lowest BCUT2D eigenvalue weighted by Crippen LogP contribution is -2.38. The highest BCUT2D eigenvalue weighted by atomic mass is 16.5. The van der Waals surface area contributed by atoms with Crippen LogP contribution in [0.1, 0.15) is 43.0 Å². The summed E-state index contributed by atoms with van der Waals surface area (Å²) < 4.78 is 11.3. The molecule has 192 valence electrons. The monoisotopic (exact) mass is 492 g/mol. The predicted octanol–water partition coefficient (Wildman–Crippen LogP) is 4.17. The number of benzene rings is 2. The van der Waals surface area contributed by atoms with Gasteiger partial charge in [-0.1, -0.05) is 44.2 Å². The van der Waals surface area contributed by atoms with E-state index >= 15 is 0 Å². The highest BCUT2D eigenvalue weighted by Gasteiger charge is 2.45. The van der Waals surface area contributed by atoms with E-state index in [9.17, 15) is 14.7 Å². The lowest BCUT2D eigenvalue weighted by Gasteiger charge is -2.29. The molecule has 0 unspecified atom stereocenters. The second-order valence-corrected chi connectivity index (χ2v) is 9.90. The van der Waals surface area contributed by atoms with Crippen LogP contribution < -0.4 is 4.74 Å². The van der Waals surface area contributed by atoms with Gasteiger partial charge < -0.3 is 19.5 Å². The average Bonchev–Trinajstić information content (AvgIpc) is 3.13. The van der Waals surface area contributed by atoms with Gasteiger partial charge in [0.25, 0.3) is 11.7 Å². The zero-order chi connectivity index (χ0) is 25.7. The molecule has 0 saturated carbocycles. The van der Waals surface area contributed by atoms with Crippen molar-refractivity contribution in [2.24, 2.45) is 5.92 Å². The van der Waals surface area contributed by atoms with Crippen LogP contribution in [-0.4, -0.2) is 72.6 Å². The first-order valence-corrected chi connectivity index (χ1v) is 12.7. The Morgan fingerprint density at radius 1 is 1.08 bits per heavy atom. The minimum atomic E-state index is -0.648. The van der Waals surface area contributed by atoms with Gasteiger partial charge in [-0.25, -0.2) is 0 Å². The minimum absolute atomic E-state index is 0.132. The summed E-state index contributed by atoms with van der Waals surface area (Å²) in [6.45, 7) is 11.1. The first-order chi connectivity index (χ1) is 17.4. The zero-order valence-corrected chi connectivity index (χ0v) is 21.4. The van der Waals surface area contributed by atoms with Gasteiger partial charge in [-0.15, -0.1) is 0 Å². The highest BCUT2D eigenvalue weighted by molar-refractivity contribution is 6.46. The smallest absolute Gasteiger partial charge is 0.295 e. The maximum atomic E-state index is 13.2. The van der Waals surface area contributed by atoms with Gasteiger partial charge in [-0.2, -0.15) is 0 Å². The number of aliphatic hydroxyl groups excluding tert-OH is 1. The van der Waals surface area contributed by atoms with Crippen molar-refractivity contribution >= 4 is 17.4 Å². The summed E-state index contributed by atoms with van der Waals surface area (Å²) in [7, 11) is 0. The standard InChI is InChI=1S/C29H36N2O5/c1-20(2)19-36-24-11-10-23(18-21(24)3)27(32)25-26(22-8-5-4-6-9-22)31(29(34)28(25)33)13-7-12-30-14-16-35-17-15-30/h4-6,8-11,18,20,26,32H,7,12-17,19H2,1-3H3/t26-/m0/s1. The summed E-state index contributed by atoms with van der Waals surface area (Å²) >= 11 is 0. The first kappa shape index (κ1) is 25.9. The molecule has 36 heavy (non-hydrogen) atoms. The summed E-state index contributed by atoms with van der Waals surface area (Å²) in [6.07, 6.45) is 0.734. The fourth-order valence-electron chi connectivity index (χ4n) is 4.75. The van der Waals surface area contributed by atoms with Crippen LogP contribution >= 0.6 is 0 Å². The number of aryl methyl sites for hydroxylation is 1. The van der Waals surface area contributed by atoms with Crippen molar-refractivity contribution in [1.82, 2.24) is 9.80 Å². The third-order valence-corrected chi connectivity index (χ3v) is 6.65. The molecule has 0 radical (unpaired) electrons. The van der Waals surface area contributed by atoms with Gasteiger partial charge in [-0.05, 0) is 48.6 Å². The number of carbonyl (C=O) groups excluding carboxylic acids is 2. The number of nitrogens with zero attached hydrogens (tertiary/aromatic N) is 2. The number of likely N-dealkylation sites (tertiary alicyclic amines) is 1. The fourth-order valence-corrected chi connectivity index (χ4v) is 4.75. The van der Waals surface area contributed by atoms with E-state index in [1.54, 1.807) is 17.0 Å². The van der Waals surface area contributed by atoms with E-state index in [1.807, 2.05) is 43.3 Å². The van der Waals surface area contributed by atoms with Crippen molar-refractivity contribution in [3.05, 3.63) is 70.8 Å². The number of hydrogen-bond donors (Lipinski definition) is 1. The number of carbonyl (C=O) groups is 2. The third-order valence-electron chi connectivity index (χ3n) is 6.65. The van der Waals surface area contributed by atoms with Gasteiger partial charge in [-0.3, -0.25) is 14.5 Å². The van der Waals surface area contributed by atoms with Crippen LogP contribution in [0.2, 0.25) is 0 Å². The zero-order valence-electron chi connectivity index (χ0n) is 21.4. The van der Waals surface area contributed by atoms with Crippen LogP contribution in [0.25, 0.3) is 5.76 Å². The minimum Gasteiger partial charge on any atom is -0.507 e. The van der Waals surface area contributed by atoms with Crippen LogP contribution in [0.15, 0.2) is 54.1 Å². The van der Waals surface area contributed by atoms with E-state index in [-0.39, 0.29) is 11.3 Å². The van der Waals surface area contributed by atoms with E-state index in [1.165, 1.54) is 0 Å². The van der Waals surface area contributed by atoms with E-state index in [0.717, 1.165) is 56.1 Å². The first-order valence-electron chi connectivity index (χ1n) is 12.7. The Morgan fingerprint density at radius 3 is 2.47 bits per heavy atom. The quantitative estimate of drug-likeness (QED) is 0.322. The van der Waals surface area contributed by atoms with Crippen LogP contribution in [-0.2, 0) is 14.3 Å². The van der Waals surface area contributed by atoms with Crippen LogP contribution in [0, 0.1) is 12.8 Å². The number of rotatable bonds is 9. The Morgan fingerprint density at radius 2 is 1.81 bits per heavy atom. The molecule has 2 aromatic carbocycles. The molecule has 1 N–H and O–H groups in total. The molecule has 2 fully saturated rings. The third kappa shape index (κ3) is 5.79. The van der Waals surface area contributed by atoms with Gasteiger partial charge in [0, 0.05) is 31.7 Å². The molecule has 0 spiro atoms. The summed E-state index contributed by atoms with van der Waals surface area (Å²) in [5, 5.41) is 11.3. The van der Waals surface area contributed by atoms with Crippen LogP contribution in [0.4, 0.5) is 0 Å². The molecule has 2 heterocycles. The normalized spacial score (nSPS) is 20.3. The number of morpholine rings is 1. The number of Topliss-reactive ketones (excluding diaryl/α,β-unsaturated/α-hetero) is 1. The molecular formula is C29H36N2O5. The average molecular weight is 493 g/mol. The molecule has 7 heteroatoms. The van der Waals surface area contributed by atoms with Gasteiger partial charge >= 0.3 is 0 Å². The maximum absolute atomic E-state index is 13.2. The summed E-state index contributed by atoms with van der Waals surface area (Å²) in [4.78, 5) is 30.3. The summed E-state index contributed by atoms with van der Waals surface area (Å²) in [5.74, 6) is -0.242. The van der Waals surface area contributed by atoms with Gasteiger partial charge in [0.1, 0.15) is 11.5 Å². The molecule has 2 aromatic rings. The highest BCUT2D eigenvalue weighted by Crippen LogP contribution is 2.39. The maximum Gasteiger partial charge on any atom is 0.295 e. The summed E-state index contributed by atoms with van der Waals surface area (Å²) in [5.41, 5.74) is 2.29. The van der Waals surface area contributed by atoms with Crippen LogP contribution in [0.5, 0.6) is 5.75 Å². The number of hydrogen-bond acceptors (Lipinski definition) is 6. The molecule has 0 bridgehead atoms. The predicted molar refractivity (Wildman–Crippen MR) is 139 cm³/mol. The van der Waals surface area contributed by atoms with Gasteiger partial charge in [0.2, 0.25) is 0 Å². The molecule has 1 amide bonds. The molecule has 4 rings (SSSR count). The molecule has 1 atom stereocenters. The molecule has 7 nitrogen and oxygen atoms in total. The molecule has 2 aliphatic rings. The van der Waals surface area contributed by atoms with Crippen molar-refractivity contribution in [1.29, 1.82) is 0 Å².